The molecule has 1 aromatic rings. The van der Waals surface area contributed by atoms with Gasteiger partial charge in [0.2, 0.25) is 0 Å². The van der Waals surface area contributed by atoms with Gasteiger partial charge in [-0.25, -0.2) is 4.79 Å². The Morgan fingerprint density at radius 1 is 1.47 bits per heavy atom. The number of halogens is 2. The number of nitrogens with two attached hydrogens (primary N) is 1. The average Bonchev–Trinajstić information content (AvgIpc) is 2.34. The van der Waals surface area contributed by atoms with E-state index < -0.39 is 5.97 Å². The van der Waals surface area contributed by atoms with E-state index in [1.165, 1.54) is 13.2 Å². The van der Waals surface area contributed by atoms with Crippen LogP contribution in [-0.2, 0) is 9.53 Å². The zero-order valence-corrected chi connectivity index (χ0v) is 12.3. The highest BCUT2D eigenvalue weighted by molar-refractivity contribution is 9.10. The van der Waals surface area contributed by atoms with Gasteiger partial charge in [0.25, 0.3) is 0 Å². The van der Waals surface area contributed by atoms with E-state index in [0.717, 1.165) is 10.0 Å². The molecule has 0 saturated carbocycles. The van der Waals surface area contributed by atoms with Gasteiger partial charge in [-0.3, -0.25) is 0 Å². The van der Waals surface area contributed by atoms with Crippen molar-refractivity contribution in [1.29, 1.82) is 0 Å². The van der Waals surface area contributed by atoms with Crippen LogP contribution in [0.15, 0.2) is 28.4 Å². The minimum absolute atomic E-state index is 0.0422. The van der Waals surface area contributed by atoms with E-state index >= 15 is 0 Å². The van der Waals surface area contributed by atoms with E-state index in [-0.39, 0.29) is 5.70 Å². The number of methoxy groups -OCH3 is 1. The second-order valence-corrected chi connectivity index (χ2v) is 4.05. The van der Waals surface area contributed by atoms with Crippen LogP contribution in [0.25, 0.3) is 6.08 Å². The molecule has 0 aliphatic rings. The Balaban J connectivity index is 0.00000121. The van der Waals surface area contributed by atoms with Crippen molar-refractivity contribution in [2.24, 2.45) is 5.73 Å². The van der Waals surface area contributed by atoms with Crippen LogP contribution in [0.3, 0.4) is 0 Å². The van der Waals surface area contributed by atoms with Crippen LogP contribution in [0.4, 0.5) is 0 Å². The Morgan fingerprint density at radius 2 is 2.06 bits per heavy atom. The van der Waals surface area contributed by atoms with Crippen LogP contribution >= 0.6 is 27.5 Å². The van der Waals surface area contributed by atoms with Gasteiger partial charge < -0.3 is 10.5 Å². The number of ether oxygens (including phenoxy) is 1. The highest BCUT2D eigenvalue weighted by atomic mass is 79.9. The molecule has 94 valence electrons. The van der Waals surface area contributed by atoms with E-state index in [9.17, 15) is 4.79 Å². The number of benzene rings is 1. The van der Waals surface area contributed by atoms with Gasteiger partial charge in [0.05, 0.1) is 7.11 Å². The molecule has 0 aliphatic carbocycles. The van der Waals surface area contributed by atoms with Crippen LogP contribution in [-0.4, -0.2) is 13.1 Å². The van der Waals surface area contributed by atoms with Gasteiger partial charge in [-0.1, -0.05) is 47.4 Å². The Hall–Kier alpha value is -1.000. The number of carbonyl (C=O) groups is 1. The molecule has 0 aliphatic heterocycles. The van der Waals surface area contributed by atoms with E-state index in [1.807, 2.05) is 13.8 Å². The van der Waals surface area contributed by atoms with Crippen LogP contribution < -0.4 is 5.73 Å². The van der Waals surface area contributed by atoms with Crippen molar-refractivity contribution >= 4 is 39.6 Å². The van der Waals surface area contributed by atoms with Gasteiger partial charge in [-0.05, 0) is 23.8 Å². The molecule has 0 atom stereocenters. The smallest absolute Gasteiger partial charge is 0.353 e. The standard InChI is InChI=1S/C10H9BrClNO2.C2H6/c1-15-10(14)9(13)4-6-2-3-7(12)5-8(6)11;1-2/h2-5H,13H2,1H3;1-2H3/b9-4-;. The Labute approximate surface area is 115 Å². The van der Waals surface area contributed by atoms with Gasteiger partial charge in [-0.15, -0.1) is 0 Å². The van der Waals surface area contributed by atoms with Crippen molar-refractivity contribution in [3.8, 4) is 0 Å². The van der Waals surface area contributed by atoms with Crippen molar-refractivity contribution in [2.45, 2.75) is 13.8 Å². The monoisotopic (exact) mass is 319 g/mol. The van der Waals surface area contributed by atoms with E-state index in [0.29, 0.717) is 5.02 Å². The predicted molar refractivity (Wildman–Crippen MR) is 74.7 cm³/mol. The van der Waals surface area contributed by atoms with E-state index in [4.69, 9.17) is 17.3 Å². The third-order valence-corrected chi connectivity index (χ3v) is 2.62. The lowest BCUT2D eigenvalue weighted by Crippen LogP contribution is -2.12. The quantitative estimate of drug-likeness (QED) is 0.669. The first-order valence-electron chi connectivity index (χ1n) is 5.05. The number of esters is 1. The second-order valence-electron chi connectivity index (χ2n) is 2.76. The molecule has 1 aromatic carbocycles. The second kappa shape index (κ2) is 8.14. The van der Waals surface area contributed by atoms with Gasteiger partial charge in [0, 0.05) is 9.50 Å². The highest BCUT2D eigenvalue weighted by Gasteiger charge is 2.05. The maximum Gasteiger partial charge on any atom is 0.353 e. The molecule has 0 unspecified atom stereocenters. The molecule has 1 rings (SSSR count). The molecule has 0 radical (unpaired) electrons. The number of hydrogen-bond acceptors (Lipinski definition) is 3. The first kappa shape index (κ1) is 16.0. The lowest BCUT2D eigenvalue weighted by atomic mass is 10.2. The summed E-state index contributed by atoms with van der Waals surface area (Å²) in [6, 6.07) is 5.18. The van der Waals surface area contributed by atoms with Crippen LogP contribution in [0.1, 0.15) is 19.4 Å². The maximum absolute atomic E-state index is 11.0. The zero-order valence-electron chi connectivity index (χ0n) is 9.96. The molecule has 0 amide bonds. The molecule has 0 heterocycles. The SMILES string of the molecule is CC.COC(=O)/C(N)=C/c1ccc(Cl)cc1Br. The van der Waals surface area contributed by atoms with Gasteiger partial charge >= 0.3 is 5.97 Å². The molecular formula is C12H15BrClNO2. The predicted octanol–water partition coefficient (Wildman–Crippen LogP) is 3.60. The zero-order chi connectivity index (χ0) is 13.4. The van der Waals surface area contributed by atoms with Crippen LogP contribution in [0.2, 0.25) is 5.02 Å². The van der Waals surface area contributed by atoms with Gasteiger partial charge in [0.15, 0.2) is 0 Å². The minimum Gasteiger partial charge on any atom is -0.464 e. The molecule has 2 N–H and O–H groups in total. The van der Waals surface area contributed by atoms with E-state index in [1.54, 1.807) is 18.2 Å². The summed E-state index contributed by atoms with van der Waals surface area (Å²) in [5, 5.41) is 0.607. The summed E-state index contributed by atoms with van der Waals surface area (Å²) in [5.41, 5.74) is 6.31. The fourth-order valence-electron chi connectivity index (χ4n) is 0.963. The Kier molecular flexibility index (Phi) is 7.66. The molecule has 0 aromatic heterocycles. The molecule has 5 heteroatoms. The average molecular weight is 321 g/mol. The van der Waals surface area contributed by atoms with Crippen molar-refractivity contribution in [3.05, 3.63) is 39.0 Å². The third-order valence-electron chi connectivity index (χ3n) is 1.69. The molecular weight excluding hydrogens is 305 g/mol. The molecule has 17 heavy (non-hydrogen) atoms. The number of hydrogen-bond donors (Lipinski definition) is 1. The summed E-state index contributed by atoms with van der Waals surface area (Å²) >= 11 is 9.08. The Morgan fingerprint density at radius 3 is 2.53 bits per heavy atom. The van der Waals surface area contributed by atoms with Crippen LogP contribution in [0, 0.1) is 0 Å². The third kappa shape index (κ3) is 5.24. The molecule has 0 fully saturated rings. The van der Waals surface area contributed by atoms with Crippen molar-refractivity contribution in [1.82, 2.24) is 0 Å². The summed E-state index contributed by atoms with van der Waals surface area (Å²) in [6.45, 7) is 4.00. The number of rotatable bonds is 2. The van der Waals surface area contributed by atoms with Gasteiger partial charge in [0.1, 0.15) is 5.70 Å². The number of carbonyl (C=O) groups excluding carboxylic acids is 1. The maximum atomic E-state index is 11.0. The van der Waals surface area contributed by atoms with E-state index in [2.05, 4.69) is 20.7 Å². The summed E-state index contributed by atoms with van der Waals surface area (Å²) in [5.74, 6) is -0.558. The van der Waals surface area contributed by atoms with Crippen LogP contribution in [0.5, 0.6) is 0 Å². The summed E-state index contributed by atoms with van der Waals surface area (Å²) < 4.78 is 5.24. The fraction of sp³-hybridized carbons (Fsp3) is 0.250. The lowest BCUT2D eigenvalue weighted by molar-refractivity contribution is -0.136. The summed E-state index contributed by atoms with van der Waals surface area (Å²) in [7, 11) is 1.28. The molecule has 0 spiro atoms. The Bertz CT molecular complexity index is 419. The fourth-order valence-corrected chi connectivity index (χ4v) is 1.76. The lowest BCUT2D eigenvalue weighted by Gasteiger charge is -2.01. The van der Waals surface area contributed by atoms with Crippen molar-refractivity contribution in [2.75, 3.05) is 7.11 Å². The summed E-state index contributed by atoms with van der Waals surface area (Å²) in [6.07, 6.45) is 1.52. The highest BCUT2D eigenvalue weighted by Crippen LogP contribution is 2.23. The minimum atomic E-state index is -0.558. The normalized spacial score (nSPS) is 10.3. The summed E-state index contributed by atoms with van der Waals surface area (Å²) in [4.78, 5) is 11.0. The van der Waals surface area contributed by atoms with Crippen molar-refractivity contribution < 1.29 is 9.53 Å². The largest absolute Gasteiger partial charge is 0.464 e. The van der Waals surface area contributed by atoms with Gasteiger partial charge in [-0.2, -0.15) is 0 Å². The van der Waals surface area contributed by atoms with Crippen molar-refractivity contribution in [3.63, 3.8) is 0 Å². The molecule has 0 bridgehead atoms. The first-order chi connectivity index (χ1) is 8.04. The molecule has 3 nitrogen and oxygen atoms in total. The topological polar surface area (TPSA) is 52.3 Å². The molecule has 0 saturated heterocycles. The first-order valence-corrected chi connectivity index (χ1v) is 6.22.